The normalized spacial score (nSPS) is 11.5. The zero-order valence-corrected chi connectivity index (χ0v) is 16.4. The highest BCUT2D eigenvalue weighted by Crippen LogP contribution is 2.06. The summed E-state index contributed by atoms with van der Waals surface area (Å²) >= 11 is 0. The maximum absolute atomic E-state index is 11.6. The predicted molar refractivity (Wildman–Crippen MR) is 101 cm³/mol. The van der Waals surface area contributed by atoms with E-state index in [1.807, 2.05) is 27.7 Å². The van der Waals surface area contributed by atoms with Gasteiger partial charge in [0.1, 0.15) is 12.1 Å². The molecule has 0 atom stereocenters. The molecule has 0 aliphatic rings. The number of ether oxygens (including phenoxy) is 1. The number of carbonyl (C=O) groups is 2. The molecule has 0 heterocycles. The first-order valence-corrected chi connectivity index (χ1v) is 8.35. The minimum atomic E-state index is -0.506. The van der Waals surface area contributed by atoms with Crippen LogP contribution in [0.4, 0.5) is 4.79 Å². The van der Waals surface area contributed by atoms with Crippen molar-refractivity contribution in [3.63, 3.8) is 0 Å². The highest BCUT2D eigenvalue weighted by molar-refractivity contribution is 5.84. The number of rotatable bonds is 8. The van der Waals surface area contributed by atoms with E-state index < -0.39 is 11.7 Å². The van der Waals surface area contributed by atoms with Crippen molar-refractivity contribution in [2.24, 2.45) is 4.99 Å². The van der Waals surface area contributed by atoms with Crippen LogP contribution in [-0.4, -0.2) is 68.7 Å². The molecule has 0 aromatic heterocycles. The summed E-state index contributed by atoms with van der Waals surface area (Å²) in [7, 11) is 3.38. The molecule has 0 rings (SSSR count). The van der Waals surface area contributed by atoms with Crippen LogP contribution < -0.4 is 16.0 Å². The van der Waals surface area contributed by atoms with Crippen molar-refractivity contribution >= 4 is 18.0 Å². The summed E-state index contributed by atoms with van der Waals surface area (Å²) in [6.07, 6.45) is 0.257. The quantitative estimate of drug-likeness (QED) is 0.262. The smallest absolute Gasteiger partial charge is 0.407 e. The monoisotopic (exact) mass is 355 g/mol. The molecule has 0 aromatic rings. The Balaban J connectivity index is 4.25. The number of hydrogen-bond acceptors (Lipinski definition) is 4. The summed E-state index contributed by atoms with van der Waals surface area (Å²) in [6.45, 7) is 12.9. The lowest BCUT2D eigenvalue weighted by Gasteiger charge is -2.19. The molecule has 0 saturated carbocycles. The van der Waals surface area contributed by atoms with Crippen molar-refractivity contribution in [2.45, 2.75) is 39.7 Å². The molecule has 0 saturated heterocycles. The summed E-state index contributed by atoms with van der Waals surface area (Å²) < 4.78 is 5.16. The summed E-state index contributed by atoms with van der Waals surface area (Å²) in [5.41, 5.74) is 0.452. The van der Waals surface area contributed by atoms with Gasteiger partial charge in [0.25, 0.3) is 0 Å². The molecule has 0 aliphatic carbocycles. The second kappa shape index (κ2) is 11.3. The van der Waals surface area contributed by atoms with Crippen LogP contribution in [0.2, 0.25) is 0 Å². The summed E-state index contributed by atoms with van der Waals surface area (Å²) in [5, 5.41) is 8.92. The van der Waals surface area contributed by atoms with E-state index in [2.05, 4.69) is 27.5 Å². The second-order valence-electron chi connectivity index (χ2n) is 6.97. The lowest BCUT2D eigenvalue weighted by molar-refractivity contribution is -0.127. The number of guanidine groups is 1. The van der Waals surface area contributed by atoms with Crippen molar-refractivity contribution in [3.8, 4) is 0 Å². The fourth-order valence-corrected chi connectivity index (χ4v) is 1.50. The van der Waals surface area contributed by atoms with Crippen molar-refractivity contribution in [1.82, 2.24) is 20.9 Å². The van der Waals surface area contributed by atoms with E-state index in [0.29, 0.717) is 32.0 Å². The first kappa shape index (κ1) is 22.8. The lowest BCUT2D eigenvalue weighted by atomic mass is 10.2. The molecule has 0 aromatic carbocycles. The Morgan fingerprint density at radius 1 is 1.12 bits per heavy atom. The van der Waals surface area contributed by atoms with E-state index in [-0.39, 0.29) is 12.5 Å². The molecule has 0 aliphatic heterocycles. The number of alkyl carbamates (subject to hydrolysis) is 1. The van der Waals surface area contributed by atoms with Crippen LogP contribution in [0.5, 0.6) is 0 Å². The maximum atomic E-state index is 11.6. The minimum absolute atomic E-state index is 0.0642. The second-order valence-corrected chi connectivity index (χ2v) is 6.97. The van der Waals surface area contributed by atoms with Gasteiger partial charge in [-0.05, 0) is 34.1 Å². The molecule has 0 bridgehead atoms. The Labute approximate surface area is 151 Å². The fraction of sp³-hybridized carbons (Fsp3) is 0.706. The van der Waals surface area contributed by atoms with Gasteiger partial charge in [0.2, 0.25) is 5.91 Å². The van der Waals surface area contributed by atoms with Gasteiger partial charge in [-0.15, -0.1) is 0 Å². The minimum Gasteiger partial charge on any atom is -0.444 e. The molecule has 144 valence electrons. The molecule has 3 N–H and O–H groups in total. The largest absolute Gasteiger partial charge is 0.444 e. The average Bonchev–Trinajstić information content (AvgIpc) is 2.46. The van der Waals surface area contributed by atoms with Crippen LogP contribution in [0.1, 0.15) is 34.1 Å². The van der Waals surface area contributed by atoms with E-state index in [1.165, 1.54) is 4.90 Å². The van der Waals surface area contributed by atoms with Gasteiger partial charge in [-0.3, -0.25) is 4.79 Å². The topological polar surface area (TPSA) is 95.1 Å². The van der Waals surface area contributed by atoms with E-state index in [9.17, 15) is 9.59 Å². The lowest BCUT2D eigenvalue weighted by Crippen LogP contribution is -2.40. The molecule has 25 heavy (non-hydrogen) atoms. The summed E-state index contributed by atoms with van der Waals surface area (Å²) in [5.74, 6) is 0.457. The maximum Gasteiger partial charge on any atom is 0.407 e. The fourth-order valence-electron chi connectivity index (χ4n) is 1.50. The Kier molecular flexibility index (Phi) is 10.3. The number of nitrogens with one attached hydrogen (secondary N) is 3. The van der Waals surface area contributed by atoms with Gasteiger partial charge < -0.3 is 25.6 Å². The van der Waals surface area contributed by atoms with Crippen LogP contribution in [0.25, 0.3) is 0 Å². The van der Waals surface area contributed by atoms with Gasteiger partial charge in [0.05, 0.1) is 0 Å². The van der Waals surface area contributed by atoms with Crippen LogP contribution in [-0.2, 0) is 9.53 Å². The van der Waals surface area contributed by atoms with Crippen LogP contribution >= 0.6 is 0 Å². The first-order valence-electron chi connectivity index (χ1n) is 8.35. The van der Waals surface area contributed by atoms with Crippen molar-refractivity contribution in [3.05, 3.63) is 12.2 Å². The van der Waals surface area contributed by atoms with Gasteiger partial charge in [0, 0.05) is 33.7 Å². The third-order valence-corrected chi connectivity index (χ3v) is 2.74. The molecular formula is C17H33N5O3. The Morgan fingerprint density at radius 2 is 1.72 bits per heavy atom. The van der Waals surface area contributed by atoms with Gasteiger partial charge in [0.15, 0.2) is 5.96 Å². The van der Waals surface area contributed by atoms with Crippen LogP contribution in [0.3, 0.4) is 0 Å². The Morgan fingerprint density at radius 3 is 2.24 bits per heavy atom. The molecule has 0 spiro atoms. The van der Waals surface area contributed by atoms with Crippen molar-refractivity contribution in [1.29, 1.82) is 0 Å². The number of hydrogen-bond donors (Lipinski definition) is 3. The molecule has 8 heteroatoms. The summed E-state index contributed by atoms with van der Waals surface area (Å²) in [6, 6.07) is 0. The number of amides is 2. The SMILES string of the molecule is C=C(C)CNC(=NCC(=O)N(C)C)NCCCNC(=O)OC(C)(C)C. The predicted octanol–water partition coefficient (Wildman–Crippen LogP) is 1.10. The van der Waals surface area contributed by atoms with Gasteiger partial charge >= 0.3 is 6.09 Å². The van der Waals surface area contributed by atoms with E-state index in [0.717, 1.165) is 5.57 Å². The molecule has 0 unspecified atom stereocenters. The third kappa shape index (κ3) is 13.8. The van der Waals surface area contributed by atoms with E-state index in [1.54, 1.807) is 14.1 Å². The number of nitrogens with zero attached hydrogens (tertiary/aromatic N) is 2. The molecule has 8 nitrogen and oxygen atoms in total. The molecule has 0 fully saturated rings. The van der Waals surface area contributed by atoms with E-state index >= 15 is 0 Å². The first-order chi connectivity index (χ1) is 11.5. The third-order valence-electron chi connectivity index (χ3n) is 2.74. The standard InChI is InChI=1S/C17H33N5O3/c1-13(2)11-20-15(21-12-14(23)22(6)7)18-9-8-10-19-16(24)25-17(3,4)5/h1,8-12H2,2-7H3,(H,19,24)(H2,18,20,21). The number of aliphatic imine (C=N–C) groups is 1. The van der Waals surface area contributed by atoms with Gasteiger partial charge in [-0.25, -0.2) is 9.79 Å². The van der Waals surface area contributed by atoms with E-state index in [4.69, 9.17) is 4.74 Å². The molecule has 0 radical (unpaired) electrons. The van der Waals surface area contributed by atoms with Crippen LogP contribution in [0.15, 0.2) is 17.1 Å². The highest BCUT2D eigenvalue weighted by atomic mass is 16.6. The van der Waals surface area contributed by atoms with Crippen molar-refractivity contribution in [2.75, 3.05) is 40.3 Å². The zero-order chi connectivity index (χ0) is 19.5. The van der Waals surface area contributed by atoms with Crippen molar-refractivity contribution < 1.29 is 14.3 Å². The molecular weight excluding hydrogens is 322 g/mol. The highest BCUT2D eigenvalue weighted by Gasteiger charge is 2.15. The number of likely N-dealkylation sites (N-methyl/N-ethyl adjacent to an activating group) is 1. The Bertz CT molecular complexity index is 481. The average molecular weight is 355 g/mol. The van der Waals surface area contributed by atoms with Gasteiger partial charge in [-0.1, -0.05) is 12.2 Å². The van der Waals surface area contributed by atoms with Gasteiger partial charge in [-0.2, -0.15) is 0 Å². The summed E-state index contributed by atoms with van der Waals surface area (Å²) in [4.78, 5) is 28.9. The molecule has 2 amide bonds. The zero-order valence-electron chi connectivity index (χ0n) is 16.4. The number of carbonyl (C=O) groups excluding carboxylic acids is 2. The Hall–Kier alpha value is -2.25. The van der Waals surface area contributed by atoms with Crippen LogP contribution in [0, 0.1) is 0 Å².